The van der Waals surface area contributed by atoms with Gasteiger partial charge in [-0.3, -0.25) is 0 Å². The lowest BCUT2D eigenvalue weighted by Crippen LogP contribution is -2.22. The number of halogens is 1. The molecule has 0 aliphatic heterocycles. The Morgan fingerprint density at radius 3 is 2.57 bits per heavy atom. The van der Waals surface area contributed by atoms with Gasteiger partial charge in [0, 0.05) is 12.1 Å². The molecule has 3 aromatic rings. The predicted octanol–water partition coefficient (Wildman–Crippen LogP) is 4.19. The molecule has 2 aromatic heterocycles. The summed E-state index contributed by atoms with van der Waals surface area (Å²) in [5, 5.41) is 10.5. The Morgan fingerprint density at radius 1 is 1.18 bits per heavy atom. The van der Waals surface area contributed by atoms with E-state index in [1.165, 1.54) is 12.1 Å². The van der Waals surface area contributed by atoms with E-state index in [9.17, 15) is 9.50 Å². The first kappa shape index (κ1) is 19.9. The lowest BCUT2D eigenvalue weighted by atomic mass is 9.97. The summed E-state index contributed by atoms with van der Waals surface area (Å²) in [5.41, 5.74) is 7.01. The Morgan fingerprint density at radius 2 is 1.93 bits per heavy atom. The molecule has 1 aromatic carbocycles. The number of aryl methyl sites for hydroxylation is 1. The Labute approximate surface area is 164 Å². The van der Waals surface area contributed by atoms with Crippen LogP contribution in [0.4, 0.5) is 10.2 Å². The third kappa shape index (κ3) is 3.89. The Balaban J connectivity index is 2.15. The van der Waals surface area contributed by atoms with Gasteiger partial charge in [-0.2, -0.15) is 0 Å². The quantitative estimate of drug-likeness (QED) is 0.638. The first-order chi connectivity index (χ1) is 13.4. The first-order valence-electron chi connectivity index (χ1n) is 9.62. The zero-order valence-corrected chi connectivity index (χ0v) is 16.5. The van der Waals surface area contributed by atoms with Crippen molar-refractivity contribution in [2.24, 2.45) is 0 Å². The highest BCUT2D eigenvalue weighted by molar-refractivity contribution is 5.86. The van der Waals surface area contributed by atoms with E-state index in [-0.39, 0.29) is 11.6 Å². The molecule has 0 amide bonds. The van der Waals surface area contributed by atoms with Crippen LogP contribution in [-0.2, 0) is 6.54 Å². The molecule has 148 valence electrons. The number of hydrogen-bond acceptors (Lipinski definition) is 5. The zero-order chi connectivity index (χ0) is 20.3. The van der Waals surface area contributed by atoms with Crippen molar-refractivity contribution in [1.82, 2.24) is 19.5 Å². The highest BCUT2D eigenvalue weighted by atomic mass is 19.1. The molecule has 0 saturated heterocycles. The van der Waals surface area contributed by atoms with Crippen molar-refractivity contribution in [3.63, 3.8) is 0 Å². The number of imidazole rings is 1. The molecule has 0 radical (unpaired) electrons. The number of aromatic nitrogens is 4. The summed E-state index contributed by atoms with van der Waals surface area (Å²) in [5.74, 6) is 0.952. The van der Waals surface area contributed by atoms with E-state index in [0.717, 1.165) is 6.42 Å². The number of rotatable bonds is 7. The van der Waals surface area contributed by atoms with Crippen molar-refractivity contribution >= 4 is 23.1 Å². The maximum absolute atomic E-state index is 13.7. The predicted molar refractivity (Wildman–Crippen MR) is 110 cm³/mol. The largest absolute Gasteiger partial charge is 0.386 e. The number of nitrogen functional groups attached to an aromatic ring is 1. The van der Waals surface area contributed by atoms with Crippen LogP contribution in [0, 0.1) is 5.82 Å². The van der Waals surface area contributed by atoms with Crippen molar-refractivity contribution in [1.29, 1.82) is 0 Å². The number of fused-ring (bicyclic) bond motifs is 1. The summed E-state index contributed by atoms with van der Waals surface area (Å²) in [6, 6.07) is 6.31. The molecule has 0 fully saturated rings. The summed E-state index contributed by atoms with van der Waals surface area (Å²) < 4.78 is 15.7. The molecular formula is C21H26FN5O. The molecule has 2 heterocycles. The van der Waals surface area contributed by atoms with E-state index in [2.05, 4.69) is 21.9 Å². The second kappa shape index (κ2) is 8.06. The molecule has 0 saturated carbocycles. The molecule has 0 aliphatic carbocycles. The van der Waals surface area contributed by atoms with Crippen molar-refractivity contribution in [3.05, 3.63) is 42.0 Å². The topological polar surface area (TPSA) is 89.9 Å². The lowest BCUT2D eigenvalue weighted by molar-refractivity contribution is 0.0836. The average molecular weight is 383 g/mol. The summed E-state index contributed by atoms with van der Waals surface area (Å²) in [7, 11) is 0. The maximum Gasteiger partial charge on any atom is 0.166 e. The van der Waals surface area contributed by atoms with Crippen molar-refractivity contribution in [3.8, 4) is 11.4 Å². The van der Waals surface area contributed by atoms with Crippen molar-refractivity contribution in [2.75, 3.05) is 5.73 Å². The molecule has 0 bridgehead atoms. The van der Waals surface area contributed by atoms with Crippen LogP contribution in [0.2, 0.25) is 0 Å². The monoisotopic (exact) mass is 383 g/mol. The Hall–Kier alpha value is -2.80. The SMILES string of the molecule is CCCn1c(-c2cccc(F)c2)nc2c(N)nc(C=CC(O)(CC)CC)nc21. The summed E-state index contributed by atoms with van der Waals surface area (Å²) in [6.45, 7) is 6.56. The molecule has 3 N–H and O–H groups in total. The molecule has 7 heteroatoms. The standard InChI is InChI=1S/C21H26FN5O/c1-4-12-27-19(14-8-7-9-15(22)13-14)26-17-18(23)24-16(25-20(17)27)10-11-21(28,5-2)6-3/h7-11,13,28H,4-6,12H2,1-3H3,(H2,23,24,25). The van der Waals surface area contributed by atoms with E-state index in [4.69, 9.17) is 5.73 Å². The Bertz CT molecular complexity index is 1010. The van der Waals surface area contributed by atoms with Crippen molar-refractivity contribution in [2.45, 2.75) is 52.2 Å². The van der Waals surface area contributed by atoms with Gasteiger partial charge in [0.15, 0.2) is 22.8 Å². The van der Waals surface area contributed by atoms with Gasteiger partial charge in [-0.05, 0) is 43.5 Å². The van der Waals surface area contributed by atoms with E-state index >= 15 is 0 Å². The van der Waals surface area contributed by atoms with Crippen LogP contribution in [0.1, 0.15) is 45.9 Å². The van der Waals surface area contributed by atoms with E-state index in [1.54, 1.807) is 18.2 Å². The van der Waals surface area contributed by atoms with Gasteiger partial charge in [0.1, 0.15) is 11.6 Å². The molecule has 6 nitrogen and oxygen atoms in total. The number of aliphatic hydroxyl groups is 1. The first-order valence-corrected chi connectivity index (χ1v) is 9.62. The second-order valence-electron chi connectivity index (χ2n) is 6.88. The molecule has 28 heavy (non-hydrogen) atoms. The number of nitrogens with two attached hydrogens (primary N) is 1. The van der Waals surface area contributed by atoms with Crippen LogP contribution in [0.15, 0.2) is 30.3 Å². The van der Waals surface area contributed by atoms with E-state index in [1.807, 2.05) is 24.5 Å². The van der Waals surface area contributed by atoms with E-state index < -0.39 is 5.60 Å². The Kier molecular flexibility index (Phi) is 5.74. The van der Waals surface area contributed by atoms with Gasteiger partial charge in [0.05, 0.1) is 5.60 Å². The summed E-state index contributed by atoms with van der Waals surface area (Å²) in [6.07, 6.45) is 5.44. The molecule has 3 rings (SSSR count). The minimum absolute atomic E-state index is 0.258. The van der Waals surface area contributed by atoms with Crippen LogP contribution in [0.5, 0.6) is 0 Å². The normalized spacial score (nSPS) is 12.3. The van der Waals surface area contributed by atoms with Crippen LogP contribution in [-0.4, -0.2) is 30.2 Å². The minimum Gasteiger partial charge on any atom is -0.386 e. The van der Waals surface area contributed by atoms with Gasteiger partial charge in [-0.1, -0.05) is 32.9 Å². The fourth-order valence-corrected chi connectivity index (χ4v) is 3.11. The van der Waals surface area contributed by atoms with E-state index in [0.29, 0.717) is 47.8 Å². The molecular weight excluding hydrogens is 357 g/mol. The number of hydrogen-bond donors (Lipinski definition) is 2. The van der Waals surface area contributed by atoms with Gasteiger partial charge < -0.3 is 15.4 Å². The fourth-order valence-electron chi connectivity index (χ4n) is 3.11. The second-order valence-corrected chi connectivity index (χ2v) is 6.88. The van der Waals surface area contributed by atoms with Crippen molar-refractivity contribution < 1.29 is 9.50 Å². The van der Waals surface area contributed by atoms with Gasteiger partial charge in [0.25, 0.3) is 0 Å². The van der Waals surface area contributed by atoms with Gasteiger partial charge >= 0.3 is 0 Å². The minimum atomic E-state index is -0.899. The van der Waals surface area contributed by atoms with Crippen LogP contribution < -0.4 is 5.73 Å². The molecule has 0 unspecified atom stereocenters. The van der Waals surface area contributed by atoms with Gasteiger partial charge in [-0.15, -0.1) is 0 Å². The zero-order valence-electron chi connectivity index (χ0n) is 16.5. The van der Waals surface area contributed by atoms with Crippen LogP contribution >= 0.6 is 0 Å². The fraction of sp³-hybridized carbons (Fsp3) is 0.381. The molecule has 0 atom stereocenters. The van der Waals surface area contributed by atoms with Crippen LogP contribution in [0.25, 0.3) is 28.6 Å². The molecule has 0 aliphatic rings. The average Bonchev–Trinajstić information content (AvgIpc) is 3.06. The summed E-state index contributed by atoms with van der Waals surface area (Å²) >= 11 is 0. The third-order valence-electron chi connectivity index (χ3n) is 4.94. The summed E-state index contributed by atoms with van der Waals surface area (Å²) in [4.78, 5) is 13.5. The molecule has 0 spiro atoms. The number of nitrogens with zero attached hydrogens (tertiary/aromatic N) is 4. The maximum atomic E-state index is 13.7. The number of anilines is 1. The highest BCUT2D eigenvalue weighted by Crippen LogP contribution is 2.27. The van der Waals surface area contributed by atoms with Gasteiger partial charge in [-0.25, -0.2) is 19.3 Å². The smallest absolute Gasteiger partial charge is 0.166 e. The highest BCUT2D eigenvalue weighted by Gasteiger charge is 2.20. The third-order valence-corrected chi connectivity index (χ3v) is 4.94. The van der Waals surface area contributed by atoms with Gasteiger partial charge in [0.2, 0.25) is 0 Å². The number of benzene rings is 1. The van der Waals surface area contributed by atoms with Crippen LogP contribution in [0.3, 0.4) is 0 Å². The lowest BCUT2D eigenvalue weighted by Gasteiger charge is -2.20.